The standard InChI is InChI=1S/C63H108O6/c1-4-7-10-13-16-19-22-25-27-29-31-33-35-38-41-44-47-50-53-56-62(65)68-59-60(58-67-61(64)55-52-49-46-43-40-37-24-21-18-15-12-9-6-3)69-63(66)57-54-51-48-45-42-39-36-34-32-30-28-26-23-20-17-14-11-8-5-2/h16-17,19-20,25-28,32,34,39,42,48,51,60H,4-15,18,21-24,29-31,33,35-38,40-41,43-47,49-50,52-59H2,1-3H3/b19-16-,20-17-,27-25-,28-26-,34-32-,42-39-,51-48-/t60-/m0/s1. The number of ether oxygens (including phenoxy) is 3. The number of carbonyl (C=O) groups excluding carboxylic acids is 3. The van der Waals surface area contributed by atoms with Crippen LogP contribution >= 0.6 is 0 Å². The van der Waals surface area contributed by atoms with Crippen LogP contribution in [0.5, 0.6) is 0 Å². The highest BCUT2D eigenvalue weighted by molar-refractivity contribution is 5.71. The molecule has 0 N–H and O–H groups in total. The van der Waals surface area contributed by atoms with Crippen LogP contribution in [0.2, 0.25) is 0 Å². The van der Waals surface area contributed by atoms with E-state index in [1.54, 1.807) is 0 Å². The highest BCUT2D eigenvalue weighted by Crippen LogP contribution is 2.15. The summed E-state index contributed by atoms with van der Waals surface area (Å²) in [5.74, 6) is -0.986. The van der Waals surface area contributed by atoms with Gasteiger partial charge in [-0.1, -0.05) is 254 Å². The molecule has 6 nitrogen and oxygen atoms in total. The molecule has 0 amide bonds. The quantitative estimate of drug-likeness (QED) is 0.0262. The lowest BCUT2D eigenvalue weighted by Crippen LogP contribution is -2.30. The second-order valence-corrected chi connectivity index (χ2v) is 19.2. The molecule has 0 bridgehead atoms. The molecule has 6 heteroatoms. The van der Waals surface area contributed by atoms with Crippen LogP contribution in [0.25, 0.3) is 0 Å². The van der Waals surface area contributed by atoms with Gasteiger partial charge in [-0.05, 0) is 89.9 Å². The summed E-state index contributed by atoms with van der Waals surface area (Å²) in [5.41, 5.74) is 0. The third kappa shape index (κ3) is 55.4. The van der Waals surface area contributed by atoms with Gasteiger partial charge in [0, 0.05) is 19.3 Å². The zero-order chi connectivity index (χ0) is 50.0. The van der Waals surface area contributed by atoms with E-state index in [9.17, 15) is 14.4 Å². The van der Waals surface area contributed by atoms with Crippen molar-refractivity contribution in [1.82, 2.24) is 0 Å². The van der Waals surface area contributed by atoms with Gasteiger partial charge in [0.25, 0.3) is 0 Å². The topological polar surface area (TPSA) is 78.9 Å². The molecule has 0 aromatic carbocycles. The van der Waals surface area contributed by atoms with E-state index in [0.717, 1.165) is 70.6 Å². The molecule has 0 fully saturated rings. The van der Waals surface area contributed by atoms with Gasteiger partial charge < -0.3 is 14.2 Å². The molecule has 1 atom stereocenters. The van der Waals surface area contributed by atoms with E-state index in [4.69, 9.17) is 14.2 Å². The monoisotopic (exact) mass is 961 g/mol. The summed E-state index contributed by atoms with van der Waals surface area (Å²) >= 11 is 0. The Morgan fingerprint density at radius 3 is 0.899 bits per heavy atom. The number of unbranched alkanes of at least 4 members (excludes halogenated alkanes) is 27. The first-order valence-corrected chi connectivity index (χ1v) is 29.1. The van der Waals surface area contributed by atoms with Crippen LogP contribution in [0.1, 0.15) is 278 Å². The minimum Gasteiger partial charge on any atom is -0.462 e. The fourth-order valence-corrected chi connectivity index (χ4v) is 7.99. The van der Waals surface area contributed by atoms with Crippen molar-refractivity contribution < 1.29 is 28.6 Å². The average molecular weight is 962 g/mol. The van der Waals surface area contributed by atoms with Crippen molar-refractivity contribution in [3.63, 3.8) is 0 Å². The molecule has 0 aromatic heterocycles. The Bertz CT molecular complexity index is 1330. The summed E-state index contributed by atoms with van der Waals surface area (Å²) in [5, 5.41) is 0. The maximum Gasteiger partial charge on any atom is 0.306 e. The van der Waals surface area contributed by atoms with Gasteiger partial charge >= 0.3 is 17.9 Å². The molecule has 0 aromatic rings. The largest absolute Gasteiger partial charge is 0.462 e. The molecule has 0 saturated heterocycles. The summed E-state index contributed by atoms with van der Waals surface area (Å²) in [4.78, 5) is 38.1. The van der Waals surface area contributed by atoms with Crippen LogP contribution in [0, 0.1) is 0 Å². The van der Waals surface area contributed by atoms with E-state index in [2.05, 4.69) is 99.8 Å². The van der Waals surface area contributed by atoms with Gasteiger partial charge in [-0.2, -0.15) is 0 Å². The highest BCUT2D eigenvalue weighted by atomic mass is 16.6. The smallest absolute Gasteiger partial charge is 0.306 e. The number of hydrogen-bond acceptors (Lipinski definition) is 6. The van der Waals surface area contributed by atoms with Crippen molar-refractivity contribution >= 4 is 17.9 Å². The Morgan fingerprint density at radius 1 is 0.290 bits per heavy atom. The van der Waals surface area contributed by atoms with Crippen LogP contribution in [0.4, 0.5) is 0 Å². The second kappa shape index (κ2) is 57.2. The van der Waals surface area contributed by atoms with Crippen molar-refractivity contribution in [3.05, 3.63) is 85.1 Å². The Kier molecular flexibility index (Phi) is 54.3. The second-order valence-electron chi connectivity index (χ2n) is 19.2. The van der Waals surface area contributed by atoms with E-state index in [-0.39, 0.29) is 37.5 Å². The summed E-state index contributed by atoms with van der Waals surface area (Å²) in [6, 6.07) is 0. The van der Waals surface area contributed by atoms with Crippen molar-refractivity contribution in [2.75, 3.05) is 13.2 Å². The molecular formula is C63H108O6. The molecule has 0 heterocycles. The van der Waals surface area contributed by atoms with E-state index >= 15 is 0 Å². The van der Waals surface area contributed by atoms with Crippen LogP contribution in [-0.4, -0.2) is 37.2 Å². The predicted molar refractivity (Wildman–Crippen MR) is 297 cm³/mol. The molecule has 0 rings (SSSR count). The van der Waals surface area contributed by atoms with Gasteiger partial charge in [0.05, 0.1) is 0 Å². The predicted octanol–water partition coefficient (Wildman–Crippen LogP) is 19.5. The van der Waals surface area contributed by atoms with E-state index < -0.39 is 6.10 Å². The molecule has 0 aliphatic rings. The minimum atomic E-state index is -0.817. The zero-order valence-corrected chi connectivity index (χ0v) is 45.3. The first kappa shape index (κ1) is 65.6. The molecule has 0 aliphatic carbocycles. The Morgan fingerprint density at radius 2 is 0.551 bits per heavy atom. The summed E-state index contributed by atoms with van der Waals surface area (Å²) in [6.45, 7) is 6.54. The Labute approximate surface area is 426 Å². The van der Waals surface area contributed by atoms with Crippen molar-refractivity contribution in [2.24, 2.45) is 0 Å². The highest BCUT2D eigenvalue weighted by Gasteiger charge is 2.19. The van der Waals surface area contributed by atoms with Crippen LogP contribution in [0.15, 0.2) is 85.1 Å². The third-order valence-electron chi connectivity index (χ3n) is 12.4. The lowest BCUT2D eigenvalue weighted by molar-refractivity contribution is -0.166. The number of hydrogen-bond donors (Lipinski definition) is 0. The van der Waals surface area contributed by atoms with E-state index in [1.165, 1.54) is 161 Å². The fourth-order valence-electron chi connectivity index (χ4n) is 7.99. The summed E-state index contributed by atoms with van der Waals surface area (Å²) < 4.78 is 16.8. The zero-order valence-electron chi connectivity index (χ0n) is 45.3. The molecule has 0 aliphatic heterocycles. The van der Waals surface area contributed by atoms with Crippen LogP contribution < -0.4 is 0 Å². The van der Waals surface area contributed by atoms with E-state index in [1.807, 2.05) is 6.08 Å². The lowest BCUT2D eigenvalue weighted by Gasteiger charge is -2.18. The maximum absolute atomic E-state index is 12.8. The van der Waals surface area contributed by atoms with Crippen molar-refractivity contribution in [2.45, 2.75) is 284 Å². The summed E-state index contributed by atoms with van der Waals surface area (Å²) in [6.07, 6.45) is 74.4. The Balaban J connectivity index is 4.47. The number of rotatable bonds is 52. The molecule has 69 heavy (non-hydrogen) atoms. The molecule has 396 valence electrons. The summed E-state index contributed by atoms with van der Waals surface area (Å²) in [7, 11) is 0. The number of carbonyl (C=O) groups is 3. The number of allylic oxidation sites excluding steroid dienone is 14. The normalized spacial score (nSPS) is 12.7. The van der Waals surface area contributed by atoms with Crippen LogP contribution in [-0.2, 0) is 28.6 Å². The lowest BCUT2D eigenvalue weighted by atomic mass is 10.0. The molecule has 0 radical (unpaired) electrons. The SMILES string of the molecule is CCCCC/C=C\C/C=C\C/C=C\C/C=C\C/C=C\CCC(=O)O[C@H](COC(=O)CCCCCCCCCCC/C=C\C/C=C\CCCCC)COC(=O)CCCCCCCCCCCCCCC. The van der Waals surface area contributed by atoms with Gasteiger partial charge in [0.15, 0.2) is 6.10 Å². The van der Waals surface area contributed by atoms with Crippen LogP contribution in [0.3, 0.4) is 0 Å². The van der Waals surface area contributed by atoms with Crippen molar-refractivity contribution in [3.8, 4) is 0 Å². The van der Waals surface area contributed by atoms with Gasteiger partial charge in [-0.25, -0.2) is 0 Å². The van der Waals surface area contributed by atoms with Gasteiger partial charge in [0.2, 0.25) is 0 Å². The third-order valence-corrected chi connectivity index (χ3v) is 12.4. The van der Waals surface area contributed by atoms with Gasteiger partial charge in [0.1, 0.15) is 13.2 Å². The molecule has 0 spiro atoms. The maximum atomic E-state index is 12.8. The van der Waals surface area contributed by atoms with Gasteiger partial charge in [-0.15, -0.1) is 0 Å². The molecular weight excluding hydrogens is 853 g/mol. The average Bonchev–Trinajstić information content (AvgIpc) is 3.35. The fraction of sp³-hybridized carbons (Fsp3) is 0.730. The van der Waals surface area contributed by atoms with E-state index in [0.29, 0.717) is 19.3 Å². The molecule has 0 unspecified atom stereocenters. The van der Waals surface area contributed by atoms with Crippen molar-refractivity contribution in [1.29, 1.82) is 0 Å². The minimum absolute atomic E-state index is 0.105. The Hall–Kier alpha value is -3.41. The number of esters is 3. The first-order chi connectivity index (χ1) is 34.0. The molecule has 0 saturated carbocycles. The first-order valence-electron chi connectivity index (χ1n) is 29.1. The van der Waals surface area contributed by atoms with Gasteiger partial charge in [-0.3, -0.25) is 14.4 Å².